The van der Waals surface area contributed by atoms with E-state index in [0.29, 0.717) is 29.7 Å². The Balaban J connectivity index is 1.45. The molecule has 5 aromatic rings. The van der Waals surface area contributed by atoms with E-state index in [-0.39, 0.29) is 0 Å². The van der Waals surface area contributed by atoms with Gasteiger partial charge in [-0.05, 0) is 63.9 Å². The second-order valence-corrected chi connectivity index (χ2v) is 12.4. The average molecular weight is 561 g/mol. The largest absolute Gasteiger partial charge is 0.444 e. The quantitative estimate of drug-likeness (QED) is 0.274. The molecular formula is C33H32N6O3. The number of hydrogen-bond donors (Lipinski definition) is 2. The molecular weight excluding hydrogens is 528 g/mol. The molecule has 0 spiro atoms. The Morgan fingerprint density at radius 3 is 2.36 bits per heavy atom. The Kier molecular flexibility index (Phi) is 6.28. The molecule has 2 aromatic carbocycles. The van der Waals surface area contributed by atoms with E-state index in [9.17, 15) is 15.2 Å². The van der Waals surface area contributed by atoms with Gasteiger partial charge in [0.2, 0.25) is 0 Å². The van der Waals surface area contributed by atoms with E-state index in [1.165, 1.54) is 0 Å². The number of nitrogens with zero attached hydrogens (tertiary/aromatic N) is 5. The van der Waals surface area contributed by atoms with E-state index < -0.39 is 22.8 Å². The molecule has 0 saturated heterocycles. The summed E-state index contributed by atoms with van der Waals surface area (Å²) in [5.41, 5.74) is 4.83. The van der Waals surface area contributed by atoms with Gasteiger partial charge in [-0.3, -0.25) is 0 Å². The van der Waals surface area contributed by atoms with Crippen LogP contribution in [0.4, 0.5) is 4.79 Å². The maximum Gasteiger partial charge on any atom is 0.408 e. The molecule has 0 unspecified atom stereocenters. The molecule has 1 aliphatic carbocycles. The fraction of sp³-hybridized carbons (Fsp3) is 0.303. The lowest BCUT2D eigenvalue weighted by atomic mass is 9.62. The molecule has 3 heterocycles. The number of benzene rings is 2. The number of ether oxygens (including phenoxy) is 1. The summed E-state index contributed by atoms with van der Waals surface area (Å²) in [7, 11) is 0. The predicted octanol–water partition coefficient (Wildman–Crippen LogP) is 6.06. The minimum Gasteiger partial charge on any atom is -0.444 e. The Morgan fingerprint density at radius 2 is 1.74 bits per heavy atom. The molecule has 1 amide bonds. The fourth-order valence-corrected chi connectivity index (χ4v) is 5.88. The van der Waals surface area contributed by atoms with Gasteiger partial charge in [0.15, 0.2) is 11.3 Å². The number of amides is 1. The van der Waals surface area contributed by atoms with Crippen molar-refractivity contribution in [3.8, 4) is 28.5 Å². The summed E-state index contributed by atoms with van der Waals surface area (Å²) in [5.74, 6) is 0. The number of aryl methyl sites for hydroxylation is 1. The van der Waals surface area contributed by atoms with Crippen molar-refractivity contribution < 1.29 is 14.6 Å². The summed E-state index contributed by atoms with van der Waals surface area (Å²) in [6.07, 6.45) is 2.02. The lowest BCUT2D eigenvalue weighted by Gasteiger charge is -2.52. The summed E-state index contributed by atoms with van der Waals surface area (Å²) in [4.78, 5) is 22.4. The highest BCUT2D eigenvalue weighted by atomic mass is 16.6. The zero-order valence-corrected chi connectivity index (χ0v) is 24.3. The molecule has 0 atom stereocenters. The number of carbonyl (C=O) groups excluding carboxylic acids is 1. The van der Waals surface area contributed by atoms with E-state index in [4.69, 9.17) is 9.72 Å². The molecule has 0 bridgehead atoms. The van der Waals surface area contributed by atoms with Crippen LogP contribution < -0.4 is 5.32 Å². The number of fused-ring (bicyclic) bond motifs is 3. The zero-order valence-electron chi connectivity index (χ0n) is 24.3. The second kappa shape index (κ2) is 9.64. The molecule has 1 fully saturated rings. The van der Waals surface area contributed by atoms with Crippen molar-refractivity contribution in [2.75, 3.05) is 0 Å². The summed E-state index contributed by atoms with van der Waals surface area (Å²) in [5, 5.41) is 28.4. The highest BCUT2D eigenvalue weighted by Gasteiger charge is 2.53. The van der Waals surface area contributed by atoms with Gasteiger partial charge in [0.25, 0.3) is 0 Å². The molecule has 9 heteroatoms. The van der Waals surface area contributed by atoms with Crippen LogP contribution in [0.15, 0.2) is 66.9 Å². The topological polar surface area (TPSA) is 125 Å². The van der Waals surface area contributed by atoms with Crippen LogP contribution in [0.2, 0.25) is 0 Å². The molecule has 9 nitrogen and oxygen atoms in total. The highest BCUT2D eigenvalue weighted by molar-refractivity contribution is 5.90. The van der Waals surface area contributed by atoms with Gasteiger partial charge in [0.05, 0.1) is 34.2 Å². The number of aromatic nitrogens is 4. The zero-order chi connectivity index (χ0) is 29.9. The van der Waals surface area contributed by atoms with Crippen molar-refractivity contribution in [3.05, 3.63) is 83.7 Å². The molecule has 6 rings (SSSR count). The van der Waals surface area contributed by atoms with Gasteiger partial charge in [0, 0.05) is 41.6 Å². The Bertz CT molecular complexity index is 1870. The second-order valence-electron chi connectivity index (χ2n) is 12.4. The van der Waals surface area contributed by atoms with Crippen LogP contribution in [-0.4, -0.2) is 42.0 Å². The number of carbonyl (C=O) groups is 1. The van der Waals surface area contributed by atoms with Crippen molar-refractivity contribution in [1.29, 1.82) is 5.26 Å². The maximum atomic E-state index is 12.8. The van der Waals surface area contributed by atoms with Crippen molar-refractivity contribution in [2.24, 2.45) is 0 Å². The number of aliphatic hydroxyl groups is 1. The van der Waals surface area contributed by atoms with Crippen LogP contribution in [0, 0.1) is 18.3 Å². The molecule has 2 N–H and O–H groups in total. The average Bonchev–Trinajstić information content (AvgIpc) is 3.31. The predicted molar refractivity (Wildman–Crippen MR) is 160 cm³/mol. The third kappa shape index (κ3) is 5.06. The van der Waals surface area contributed by atoms with E-state index in [1.54, 1.807) is 29.8 Å². The van der Waals surface area contributed by atoms with Crippen molar-refractivity contribution in [2.45, 2.75) is 64.2 Å². The van der Waals surface area contributed by atoms with Gasteiger partial charge >= 0.3 is 6.09 Å². The van der Waals surface area contributed by atoms with E-state index in [2.05, 4.69) is 21.5 Å². The highest BCUT2D eigenvalue weighted by Crippen LogP contribution is 2.48. The monoisotopic (exact) mass is 560 g/mol. The molecule has 1 aliphatic rings. The number of nitriles is 1. The Morgan fingerprint density at radius 1 is 1.07 bits per heavy atom. The molecule has 1 saturated carbocycles. The standard InChI is InChI=1S/C33H32N6O3/c1-20-14-27-35-17-24-15-26(22-8-6-21(16-34)7-9-22)28(36-29(24)39(27)38-20)23-10-12-25(13-11-23)33(18-32(5,41)19-33)37-30(40)42-31(2,3)4/h6-15,17,41H,18-19H2,1-5H3,(H,37,40). The first-order valence-electron chi connectivity index (χ1n) is 13.9. The van der Waals surface area contributed by atoms with E-state index in [0.717, 1.165) is 39.0 Å². The van der Waals surface area contributed by atoms with Crippen LogP contribution in [-0.2, 0) is 10.3 Å². The van der Waals surface area contributed by atoms with Gasteiger partial charge in [-0.2, -0.15) is 14.9 Å². The van der Waals surface area contributed by atoms with Gasteiger partial charge in [-0.15, -0.1) is 0 Å². The number of nitrogens with one attached hydrogen (secondary N) is 1. The van der Waals surface area contributed by atoms with Gasteiger partial charge in [0.1, 0.15) is 5.60 Å². The smallest absolute Gasteiger partial charge is 0.408 e. The fourth-order valence-electron chi connectivity index (χ4n) is 5.88. The first kappa shape index (κ1) is 27.4. The number of rotatable bonds is 4. The number of pyridine rings is 1. The molecule has 3 aromatic heterocycles. The lowest BCUT2D eigenvalue weighted by molar-refractivity contribution is -0.0892. The van der Waals surface area contributed by atoms with Crippen LogP contribution in [0.25, 0.3) is 39.1 Å². The summed E-state index contributed by atoms with van der Waals surface area (Å²) < 4.78 is 7.29. The minimum atomic E-state index is -0.891. The summed E-state index contributed by atoms with van der Waals surface area (Å²) >= 11 is 0. The van der Waals surface area contributed by atoms with Gasteiger partial charge < -0.3 is 15.2 Å². The summed E-state index contributed by atoms with van der Waals surface area (Å²) in [6, 6.07) is 21.4. The van der Waals surface area contributed by atoms with Crippen LogP contribution in [0.5, 0.6) is 0 Å². The van der Waals surface area contributed by atoms with E-state index in [1.807, 2.05) is 76.2 Å². The SMILES string of the molecule is Cc1cc2ncc3cc(-c4ccc(C#N)cc4)c(-c4ccc(C5(NC(=O)OC(C)(C)C)CC(C)(O)C5)cc4)nc3n2n1. The van der Waals surface area contributed by atoms with Crippen LogP contribution in [0.3, 0.4) is 0 Å². The molecule has 212 valence electrons. The summed E-state index contributed by atoms with van der Waals surface area (Å²) in [6.45, 7) is 9.15. The number of hydrogen-bond acceptors (Lipinski definition) is 7. The third-order valence-electron chi connectivity index (χ3n) is 7.52. The van der Waals surface area contributed by atoms with Crippen molar-refractivity contribution in [3.63, 3.8) is 0 Å². The van der Waals surface area contributed by atoms with Crippen LogP contribution >= 0.6 is 0 Å². The molecule has 42 heavy (non-hydrogen) atoms. The van der Waals surface area contributed by atoms with Crippen LogP contribution in [0.1, 0.15) is 57.4 Å². The maximum absolute atomic E-state index is 12.8. The van der Waals surface area contributed by atoms with Gasteiger partial charge in [-0.25, -0.2) is 14.8 Å². The Hall–Kier alpha value is -4.81. The Labute approximate surface area is 243 Å². The molecule has 0 aliphatic heterocycles. The lowest BCUT2D eigenvalue weighted by Crippen LogP contribution is -2.62. The van der Waals surface area contributed by atoms with Crippen molar-refractivity contribution in [1.82, 2.24) is 24.9 Å². The van der Waals surface area contributed by atoms with Crippen molar-refractivity contribution >= 4 is 22.8 Å². The van der Waals surface area contributed by atoms with E-state index >= 15 is 0 Å². The first-order valence-corrected chi connectivity index (χ1v) is 13.9. The van der Waals surface area contributed by atoms with Gasteiger partial charge in [-0.1, -0.05) is 36.4 Å². The molecule has 0 radical (unpaired) electrons. The minimum absolute atomic E-state index is 0.368. The third-order valence-corrected chi connectivity index (χ3v) is 7.52. The first-order chi connectivity index (χ1) is 19.8. The number of alkyl carbamates (subject to hydrolysis) is 1. The normalized spacial score (nSPS) is 20.2.